The second kappa shape index (κ2) is 4.79. The Balaban J connectivity index is 1.90. The van der Waals surface area contributed by atoms with Crippen LogP contribution in [0, 0.1) is 0 Å². The average molecular weight is 233 g/mol. The molecule has 1 fully saturated rings. The summed E-state index contributed by atoms with van der Waals surface area (Å²) in [4.78, 5) is 0. The number of hydrogen-bond donors (Lipinski definition) is 2. The van der Waals surface area contributed by atoms with E-state index >= 15 is 0 Å². The van der Waals surface area contributed by atoms with Gasteiger partial charge in [-0.1, -0.05) is 24.3 Å². The molecule has 0 heterocycles. The molecule has 0 amide bonds. The first-order valence-electron chi connectivity index (χ1n) is 6.51. The Morgan fingerprint density at radius 2 is 1.88 bits per heavy atom. The molecule has 1 unspecified atom stereocenters. The minimum Gasteiger partial charge on any atom is -0.392 e. The van der Waals surface area contributed by atoms with E-state index in [4.69, 9.17) is 0 Å². The van der Waals surface area contributed by atoms with Crippen LogP contribution in [0.3, 0.4) is 0 Å². The van der Waals surface area contributed by atoms with E-state index < -0.39 is 0 Å². The van der Waals surface area contributed by atoms with Crippen molar-refractivity contribution in [2.24, 2.45) is 0 Å². The number of aliphatic hydroxyl groups excluding tert-OH is 1. The first-order valence-corrected chi connectivity index (χ1v) is 6.51. The van der Waals surface area contributed by atoms with Crippen LogP contribution in [0.1, 0.15) is 50.7 Å². The highest BCUT2D eigenvalue weighted by Gasteiger charge is 2.24. The molecule has 1 aromatic rings. The maximum Gasteiger partial charge on any atom is 0.0688 e. The molecule has 2 rings (SSSR count). The minimum atomic E-state index is -0.353. The zero-order valence-corrected chi connectivity index (χ0v) is 11.0. The first-order chi connectivity index (χ1) is 7.99. The monoisotopic (exact) mass is 233 g/mol. The van der Waals surface area contributed by atoms with Gasteiger partial charge in [-0.25, -0.2) is 0 Å². The lowest BCUT2D eigenvalue weighted by Gasteiger charge is -2.29. The average Bonchev–Trinajstić information content (AvgIpc) is 3.11. The maximum atomic E-state index is 9.62. The molecule has 1 aromatic carbocycles. The van der Waals surface area contributed by atoms with Crippen molar-refractivity contribution in [3.63, 3.8) is 0 Å². The fraction of sp³-hybridized carbons (Fsp3) is 0.600. The Morgan fingerprint density at radius 1 is 1.29 bits per heavy atom. The molecule has 94 valence electrons. The van der Waals surface area contributed by atoms with Crippen molar-refractivity contribution in [3.05, 3.63) is 35.4 Å². The smallest absolute Gasteiger partial charge is 0.0688 e. The highest BCUT2D eigenvalue weighted by Crippen LogP contribution is 2.39. The van der Waals surface area contributed by atoms with E-state index in [9.17, 15) is 5.11 Å². The van der Waals surface area contributed by atoms with Crippen LogP contribution in [0.15, 0.2) is 24.3 Å². The molecule has 0 aliphatic heterocycles. The highest BCUT2D eigenvalue weighted by molar-refractivity contribution is 5.28. The van der Waals surface area contributed by atoms with Gasteiger partial charge in [-0.05, 0) is 50.7 Å². The first kappa shape index (κ1) is 12.6. The molecule has 17 heavy (non-hydrogen) atoms. The number of rotatable bonds is 5. The van der Waals surface area contributed by atoms with E-state index in [2.05, 4.69) is 29.6 Å². The number of nitrogens with one attached hydrogen (secondary N) is 1. The van der Waals surface area contributed by atoms with Gasteiger partial charge in [0.05, 0.1) is 6.10 Å². The van der Waals surface area contributed by atoms with Gasteiger partial charge in [0.25, 0.3) is 0 Å². The molecule has 1 aliphatic rings. The number of benzene rings is 1. The zero-order valence-electron chi connectivity index (χ0n) is 11.0. The number of aliphatic hydroxyl groups is 1. The summed E-state index contributed by atoms with van der Waals surface area (Å²) in [6.07, 6.45) is 2.35. The van der Waals surface area contributed by atoms with Gasteiger partial charge in [-0.2, -0.15) is 0 Å². The zero-order chi connectivity index (χ0) is 12.5. The SMILES string of the molecule is CC(O)C(C)(C)NCc1ccc(C2CC2)cc1. The molecule has 1 aliphatic carbocycles. The highest BCUT2D eigenvalue weighted by atomic mass is 16.3. The Bertz CT molecular complexity index is 363. The van der Waals surface area contributed by atoms with Gasteiger partial charge in [0.1, 0.15) is 0 Å². The largest absolute Gasteiger partial charge is 0.392 e. The standard InChI is InChI=1S/C15H23NO/c1-11(17)15(2,3)16-10-12-4-6-13(7-5-12)14-8-9-14/h4-7,11,14,16-17H,8-10H2,1-3H3. The summed E-state index contributed by atoms with van der Waals surface area (Å²) in [5.41, 5.74) is 2.52. The van der Waals surface area contributed by atoms with Gasteiger partial charge >= 0.3 is 0 Å². The Hall–Kier alpha value is -0.860. The molecule has 0 spiro atoms. The lowest BCUT2D eigenvalue weighted by molar-refractivity contribution is 0.0956. The van der Waals surface area contributed by atoms with E-state index in [1.165, 1.54) is 24.0 Å². The lowest BCUT2D eigenvalue weighted by atomic mass is 9.98. The van der Waals surface area contributed by atoms with Gasteiger partial charge in [0.15, 0.2) is 0 Å². The minimum absolute atomic E-state index is 0.241. The van der Waals surface area contributed by atoms with E-state index in [0.29, 0.717) is 0 Å². The molecular weight excluding hydrogens is 210 g/mol. The predicted molar refractivity (Wildman–Crippen MR) is 71.0 cm³/mol. The fourth-order valence-corrected chi connectivity index (χ4v) is 1.80. The van der Waals surface area contributed by atoms with E-state index in [-0.39, 0.29) is 11.6 Å². The third kappa shape index (κ3) is 3.30. The second-order valence-electron chi connectivity index (χ2n) is 5.77. The van der Waals surface area contributed by atoms with Crippen LogP contribution in [-0.2, 0) is 6.54 Å². The molecule has 1 saturated carbocycles. The van der Waals surface area contributed by atoms with Gasteiger partial charge in [0.2, 0.25) is 0 Å². The van der Waals surface area contributed by atoms with Crippen LogP contribution in [0.25, 0.3) is 0 Å². The van der Waals surface area contributed by atoms with Crippen LogP contribution < -0.4 is 5.32 Å². The van der Waals surface area contributed by atoms with E-state index in [1.54, 1.807) is 0 Å². The van der Waals surface area contributed by atoms with Crippen LogP contribution in [0.4, 0.5) is 0 Å². The molecule has 2 nitrogen and oxygen atoms in total. The van der Waals surface area contributed by atoms with E-state index in [1.807, 2.05) is 20.8 Å². The van der Waals surface area contributed by atoms with Crippen molar-refractivity contribution >= 4 is 0 Å². The van der Waals surface area contributed by atoms with Crippen LogP contribution in [0.2, 0.25) is 0 Å². The van der Waals surface area contributed by atoms with Gasteiger partial charge in [-0.3, -0.25) is 0 Å². The molecular formula is C15H23NO. The normalized spacial score (nSPS) is 18.1. The van der Waals surface area contributed by atoms with Gasteiger partial charge < -0.3 is 10.4 Å². The van der Waals surface area contributed by atoms with Crippen LogP contribution in [-0.4, -0.2) is 16.7 Å². The van der Waals surface area contributed by atoms with Gasteiger partial charge in [0, 0.05) is 12.1 Å². The van der Waals surface area contributed by atoms with Crippen LogP contribution in [0.5, 0.6) is 0 Å². The summed E-state index contributed by atoms with van der Waals surface area (Å²) in [7, 11) is 0. The van der Waals surface area contributed by atoms with Crippen molar-refractivity contribution in [2.45, 2.75) is 57.7 Å². The van der Waals surface area contributed by atoms with Gasteiger partial charge in [-0.15, -0.1) is 0 Å². The molecule has 1 atom stereocenters. The summed E-state index contributed by atoms with van der Waals surface area (Å²) >= 11 is 0. The fourth-order valence-electron chi connectivity index (χ4n) is 1.80. The van der Waals surface area contributed by atoms with Crippen molar-refractivity contribution in [2.75, 3.05) is 0 Å². The maximum absolute atomic E-state index is 9.62. The topological polar surface area (TPSA) is 32.3 Å². The Morgan fingerprint density at radius 3 is 2.35 bits per heavy atom. The molecule has 0 saturated heterocycles. The summed E-state index contributed by atoms with van der Waals surface area (Å²) < 4.78 is 0. The predicted octanol–water partition coefficient (Wildman–Crippen LogP) is 2.81. The van der Waals surface area contributed by atoms with E-state index in [0.717, 1.165) is 12.5 Å². The molecule has 0 bridgehead atoms. The van der Waals surface area contributed by atoms with Crippen molar-refractivity contribution in [1.29, 1.82) is 0 Å². The summed E-state index contributed by atoms with van der Waals surface area (Å²) in [5.74, 6) is 0.825. The van der Waals surface area contributed by atoms with Crippen molar-refractivity contribution in [1.82, 2.24) is 5.32 Å². The summed E-state index contributed by atoms with van der Waals surface area (Å²) in [6.45, 7) is 6.68. The quantitative estimate of drug-likeness (QED) is 0.819. The molecule has 2 N–H and O–H groups in total. The van der Waals surface area contributed by atoms with Crippen LogP contribution >= 0.6 is 0 Å². The third-order valence-corrected chi connectivity index (χ3v) is 3.82. The molecule has 2 heteroatoms. The molecule has 0 radical (unpaired) electrons. The third-order valence-electron chi connectivity index (χ3n) is 3.82. The van der Waals surface area contributed by atoms with Crippen molar-refractivity contribution in [3.8, 4) is 0 Å². The molecule has 0 aromatic heterocycles. The lowest BCUT2D eigenvalue weighted by Crippen LogP contribution is -2.47. The Kier molecular flexibility index (Phi) is 3.55. The summed E-state index contributed by atoms with van der Waals surface area (Å²) in [6, 6.07) is 8.87. The Labute approximate surface area is 104 Å². The summed E-state index contributed by atoms with van der Waals surface area (Å²) in [5, 5.41) is 13.0. The second-order valence-corrected chi connectivity index (χ2v) is 5.77. The number of hydrogen-bond acceptors (Lipinski definition) is 2. The van der Waals surface area contributed by atoms with Crippen molar-refractivity contribution < 1.29 is 5.11 Å².